The van der Waals surface area contributed by atoms with Gasteiger partial charge in [-0.05, 0) is 33.1 Å². The molecule has 1 rings (SSSR count). The molecule has 0 saturated heterocycles. The molecule has 1 amide bonds. The van der Waals surface area contributed by atoms with E-state index < -0.39 is 5.23 Å². The van der Waals surface area contributed by atoms with Crippen molar-refractivity contribution >= 4 is 17.0 Å². The Morgan fingerprint density at radius 1 is 1.77 bits per heavy atom. The van der Waals surface area contributed by atoms with E-state index in [0.717, 1.165) is 31.0 Å². The van der Waals surface area contributed by atoms with Crippen molar-refractivity contribution in [3.8, 4) is 0 Å². The Hall–Kier alpha value is -0.440. The summed E-state index contributed by atoms with van der Waals surface area (Å²) in [4.78, 5) is 11.4. The van der Waals surface area contributed by atoms with Crippen molar-refractivity contribution in [1.29, 1.82) is 0 Å². The van der Waals surface area contributed by atoms with Gasteiger partial charge in [-0.2, -0.15) is 0 Å². The van der Waals surface area contributed by atoms with Crippen LogP contribution in [0.4, 0.5) is 4.79 Å². The van der Waals surface area contributed by atoms with Gasteiger partial charge < -0.3 is 5.32 Å². The molecule has 1 atom stereocenters. The fourth-order valence-corrected chi connectivity index (χ4v) is 2.10. The van der Waals surface area contributed by atoms with E-state index in [-0.39, 0.29) is 11.3 Å². The fourth-order valence-electron chi connectivity index (χ4n) is 1.16. The summed E-state index contributed by atoms with van der Waals surface area (Å²) >= 11 is 1.08. The molecule has 0 aliphatic heterocycles. The van der Waals surface area contributed by atoms with Gasteiger partial charge >= 0.3 is 0 Å². The Labute approximate surface area is 85.6 Å². The summed E-state index contributed by atoms with van der Waals surface area (Å²) in [5.41, 5.74) is 0. The average Bonchev–Trinajstić information content (AvgIpc) is 2.02. The van der Waals surface area contributed by atoms with Crippen molar-refractivity contribution in [2.45, 2.75) is 44.4 Å². The van der Waals surface area contributed by atoms with Crippen molar-refractivity contribution in [3.63, 3.8) is 0 Å². The minimum absolute atomic E-state index is 0.0958. The minimum Gasteiger partial charge on any atom is -0.345 e. The van der Waals surface area contributed by atoms with E-state index >= 15 is 0 Å². The Bertz CT molecular complexity index is 242. The van der Waals surface area contributed by atoms with Crippen LogP contribution in [0, 0.1) is 0 Å². The lowest BCUT2D eigenvalue weighted by atomic mass is 10.1. The van der Waals surface area contributed by atoms with E-state index in [1.165, 1.54) is 0 Å². The van der Waals surface area contributed by atoms with E-state index in [1.54, 1.807) is 0 Å². The first-order valence-corrected chi connectivity index (χ1v) is 5.51. The van der Waals surface area contributed by atoms with Gasteiger partial charge in [-0.1, -0.05) is 23.9 Å². The quantitative estimate of drug-likeness (QED) is 0.694. The Balaban J connectivity index is 2.45. The number of carbonyl (C=O) groups excluding carboxylic acids is 1. The number of nitrogens with one attached hydrogen (secondary N) is 1. The molecule has 13 heavy (non-hydrogen) atoms. The van der Waals surface area contributed by atoms with E-state index in [1.807, 2.05) is 26.0 Å². The Kier molecular flexibility index (Phi) is 3.74. The number of amides is 1. The van der Waals surface area contributed by atoms with Crippen molar-refractivity contribution < 1.29 is 6.17 Å². The average molecular weight is 200 g/mol. The monoisotopic (exact) mass is 200 g/mol. The number of thioether (sulfide) groups is 1. The van der Waals surface area contributed by atoms with Crippen LogP contribution in [0.25, 0.3) is 0 Å². The zero-order chi connectivity index (χ0) is 10.6. The summed E-state index contributed by atoms with van der Waals surface area (Å²) < 4.78 is 8.01. The lowest BCUT2D eigenvalue weighted by molar-refractivity contribution is 0.258. The molecule has 0 fully saturated rings. The van der Waals surface area contributed by atoms with Crippen molar-refractivity contribution in [2.24, 2.45) is 0 Å². The molecule has 0 aromatic carbocycles. The molecule has 0 bridgehead atoms. The van der Waals surface area contributed by atoms with Crippen molar-refractivity contribution in [3.05, 3.63) is 12.2 Å². The highest BCUT2D eigenvalue weighted by atomic mass is 32.2. The highest BCUT2D eigenvalue weighted by Gasteiger charge is 2.13. The van der Waals surface area contributed by atoms with Gasteiger partial charge in [0.25, 0.3) is 5.24 Å². The van der Waals surface area contributed by atoms with Crippen LogP contribution in [0.2, 0.25) is 0 Å². The lowest BCUT2D eigenvalue weighted by Gasteiger charge is -2.15. The second-order valence-electron chi connectivity index (χ2n) is 3.45. The summed E-state index contributed by atoms with van der Waals surface area (Å²) in [6, 6.07) is 0.145. The Morgan fingerprint density at radius 2 is 2.54 bits per heavy atom. The van der Waals surface area contributed by atoms with Crippen LogP contribution in [0.1, 0.15) is 34.5 Å². The zero-order valence-corrected chi connectivity index (χ0v) is 8.99. The molecule has 1 aliphatic rings. The van der Waals surface area contributed by atoms with Crippen LogP contribution >= 0.6 is 11.8 Å². The van der Waals surface area contributed by atoms with Gasteiger partial charge in [-0.25, -0.2) is 0 Å². The highest BCUT2D eigenvalue weighted by molar-refractivity contribution is 8.14. The minimum atomic E-state index is -0.739. The van der Waals surface area contributed by atoms with E-state index in [2.05, 4.69) is 5.32 Å². The molecule has 0 unspecified atom stereocenters. The predicted molar refractivity (Wildman–Crippen MR) is 58.0 cm³/mol. The van der Waals surface area contributed by atoms with E-state index in [4.69, 9.17) is 1.37 Å². The van der Waals surface area contributed by atoms with Crippen LogP contribution in [-0.4, -0.2) is 16.5 Å². The number of hydrogen-bond acceptors (Lipinski definition) is 2. The number of hydrogen-bond donors (Lipinski definition) is 1. The van der Waals surface area contributed by atoms with Crippen LogP contribution in [0.3, 0.4) is 0 Å². The standard InChI is InChI=1S/C10H17NOS/c1-8(2)11-10(12)13-9-6-4-3-5-7-9/h4,6,8-9H,3,5,7H2,1-2H3,(H,11,12)/t9-/m1/s1/i9D. The van der Waals surface area contributed by atoms with E-state index in [0.29, 0.717) is 0 Å². The van der Waals surface area contributed by atoms with Gasteiger partial charge in [-0.3, -0.25) is 4.79 Å². The van der Waals surface area contributed by atoms with Gasteiger partial charge in [0, 0.05) is 12.6 Å². The predicted octanol–water partition coefficient (Wildman–Crippen LogP) is 2.95. The third kappa shape index (κ3) is 4.36. The number of carbonyl (C=O) groups is 1. The van der Waals surface area contributed by atoms with Gasteiger partial charge in [0.15, 0.2) is 0 Å². The normalized spacial score (nSPS) is 28.7. The molecule has 1 aliphatic carbocycles. The van der Waals surface area contributed by atoms with Crippen molar-refractivity contribution in [1.82, 2.24) is 5.32 Å². The van der Waals surface area contributed by atoms with Crippen LogP contribution in [0.15, 0.2) is 12.2 Å². The van der Waals surface area contributed by atoms with Crippen LogP contribution in [0.5, 0.6) is 0 Å². The SMILES string of the molecule is [2H][C@@]1(SC(=O)NC(C)C)C=CCCC1. The third-order valence-electron chi connectivity index (χ3n) is 1.73. The molecule has 0 aromatic rings. The molecule has 0 spiro atoms. The second kappa shape index (κ2) is 5.32. The maximum absolute atomic E-state index is 11.4. The second-order valence-corrected chi connectivity index (χ2v) is 4.55. The fraction of sp³-hybridized carbons (Fsp3) is 0.700. The summed E-state index contributed by atoms with van der Waals surface area (Å²) in [6.45, 7) is 3.84. The maximum Gasteiger partial charge on any atom is 0.279 e. The lowest BCUT2D eigenvalue weighted by Crippen LogP contribution is -2.28. The first-order chi connectivity index (χ1) is 6.52. The molecule has 1 N–H and O–H groups in total. The zero-order valence-electron chi connectivity index (χ0n) is 9.17. The summed E-state index contributed by atoms with van der Waals surface area (Å²) in [5.74, 6) is 0. The molecule has 2 nitrogen and oxygen atoms in total. The maximum atomic E-state index is 11.4. The molecular formula is C10H17NOS. The van der Waals surface area contributed by atoms with Gasteiger partial charge in [0.1, 0.15) is 0 Å². The van der Waals surface area contributed by atoms with E-state index in [9.17, 15) is 4.79 Å². The molecule has 0 aromatic heterocycles. The smallest absolute Gasteiger partial charge is 0.279 e. The molecule has 0 heterocycles. The van der Waals surface area contributed by atoms with Gasteiger partial charge in [0.2, 0.25) is 0 Å². The van der Waals surface area contributed by atoms with Crippen LogP contribution < -0.4 is 5.32 Å². The molecule has 74 valence electrons. The first kappa shape index (κ1) is 9.13. The topological polar surface area (TPSA) is 29.1 Å². The summed E-state index contributed by atoms with van der Waals surface area (Å²) in [5, 5.41) is 1.95. The largest absolute Gasteiger partial charge is 0.345 e. The first-order valence-electron chi connectivity index (χ1n) is 5.19. The molecule has 3 heteroatoms. The summed E-state index contributed by atoms with van der Waals surface area (Å²) in [6.07, 6.45) is 6.63. The van der Waals surface area contributed by atoms with Crippen LogP contribution in [-0.2, 0) is 0 Å². The molecule has 0 saturated carbocycles. The highest BCUT2D eigenvalue weighted by Crippen LogP contribution is 2.23. The third-order valence-corrected chi connectivity index (χ3v) is 2.63. The van der Waals surface area contributed by atoms with Gasteiger partial charge in [0.05, 0.1) is 0 Å². The van der Waals surface area contributed by atoms with Crippen molar-refractivity contribution in [2.75, 3.05) is 0 Å². The number of allylic oxidation sites excluding steroid dienone is 1. The van der Waals surface area contributed by atoms with Gasteiger partial charge in [-0.15, -0.1) is 0 Å². The molecule has 0 radical (unpaired) electrons. The number of rotatable bonds is 2. The Morgan fingerprint density at radius 3 is 3.08 bits per heavy atom. The summed E-state index contributed by atoms with van der Waals surface area (Å²) in [7, 11) is 0. The molecular weight excluding hydrogens is 182 g/mol.